The Kier molecular flexibility index (Phi) is 4.59. The molecule has 3 aliphatic rings. The number of fused-ring (bicyclic) bond motifs is 5. The number of methoxy groups -OCH3 is 1. The fourth-order valence-electron chi connectivity index (χ4n) is 5.47. The quantitative estimate of drug-likeness (QED) is 0.402. The van der Waals surface area contributed by atoms with E-state index in [4.69, 9.17) is 4.74 Å². The summed E-state index contributed by atoms with van der Waals surface area (Å²) in [5.41, 5.74) is 2.20. The Morgan fingerprint density at radius 1 is 1.12 bits per heavy atom. The van der Waals surface area contributed by atoms with Gasteiger partial charge < -0.3 is 9.64 Å². The number of nitrogens with zero attached hydrogens (tertiary/aromatic N) is 3. The van der Waals surface area contributed by atoms with E-state index in [0.29, 0.717) is 5.56 Å². The molecule has 0 radical (unpaired) electrons. The lowest BCUT2D eigenvalue weighted by atomic mass is 9.84. The first-order valence-electron chi connectivity index (χ1n) is 10.5. The van der Waals surface area contributed by atoms with Crippen molar-refractivity contribution in [3.05, 3.63) is 69.4 Å². The van der Waals surface area contributed by atoms with Gasteiger partial charge in [-0.05, 0) is 36.6 Å². The molecular weight excluding hydrogens is 426 g/mol. The minimum absolute atomic E-state index is 0.0473. The number of nitro groups is 1. The number of amides is 2. The lowest BCUT2D eigenvalue weighted by molar-refractivity contribution is -0.385. The van der Waals surface area contributed by atoms with Gasteiger partial charge in [0, 0.05) is 18.3 Å². The Bertz CT molecular complexity index is 1270. The maximum absolute atomic E-state index is 13.8. The van der Waals surface area contributed by atoms with Crippen LogP contribution in [0.25, 0.3) is 6.08 Å². The smallest absolute Gasteiger partial charge is 0.311 e. The molecule has 2 amide bonds. The Balaban J connectivity index is 1.65. The van der Waals surface area contributed by atoms with Crippen LogP contribution < -0.4 is 9.64 Å². The van der Waals surface area contributed by atoms with Crippen molar-refractivity contribution in [1.82, 2.24) is 4.90 Å². The van der Waals surface area contributed by atoms with Crippen molar-refractivity contribution in [2.24, 2.45) is 11.8 Å². The van der Waals surface area contributed by atoms with Crippen LogP contribution in [0, 0.1) is 28.9 Å². The molecule has 9 heteroatoms. The predicted molar refractivity (Wildman–Crippen MR) is 118 cm³/mol. The lowest BCUT2D eigenvalue weighted by Crippen LogP contribution is -2.43. The molecule has 0 N–H and O–H groups in total. The molecule has 9 nitrogen and oxygen atoms in total. The minimum atomic E-state index is -0.851. The summed E-state index contributed by atoms with van der Waals surface area (Å²) in [4.78, 5) is 53.8. The molecule has 0 bridgehead atoms. The highest BCUT2D eigenvalue weighted by Gasteiger charge is 2.64. The number of aryl methyl sites for hydroxylation is 1. The van der Waals surface area contributed by atoms with E-state index >= 15 is 0 Å². The van der Waals surface area contributed by atoms with E-state index in [2.05, 4.69) is 0 Å². The molecule has 3 heterocycles. The number of ketones is 1. The van der Waals surface area contributed by atoms with E-state index in [1.807, 2.05) is 35.2 Å². The summed E-state index contributed by atoms with van der Waals surface area (Å²) < 4.78 is 5.16. The Hall–Kier alpha value is -4.01. The molecule has 0 saturated carbocycles. The molecule has 3 aliphatic heterocycles. The molecule has 5 rings (SSSR count). The fourth-order valence-corrected chi connectivity index (χ4v) is 5.47. The number of carbonyl (C=O) groups is 3. The number of Topliss-reactive ketones (excluding diaryl/α,β-unsaturated/α-hetero) is 1. The Morgan fingerprint density at radius 2 is 1.82 bits per heavy atom. The fraction of sp³-hybridized carbons (Fsp3) is 0.292. The largest absolute Gasteiger partial charge is 0.490 e. The van der Waals surface area contributed by atoms with Crippen LogP contribution in [0.1, 0.15) is 29.7 Å². The van der Waals surface area contributed by atoms with Gasteiger partial charge in [-0.1, -0.05) is 24.3 Å². The van der Waals surface area contributed by atoms with Crippen LogP contribution in [-0.2, 0) is 14.4 Å². The van der Waals surface area contributed by atoms with Crippen molar-refractivity contribution in [3.8, 4) is 5.75 Å². The second-order valence-corrected chi connectivity index (χ2v) is 8.52. The first kappa shape index (κ1) is 20.9. The Morgan fingerprint density at radius 3 is 2.48 bits per heavy atom. The highest BCUT2D eigenvalue weighted by molar-refractivity contribution is 6.24. The molecule has 168 valence electrons. The number of nitro benzene ring substituents is 1. The molecule has 0 aliphatic carbocycles. The molecule has 0 spiro atoms. The van der Waals surface area contributed by atoms with Crippen LogP contribution in [0.2, 0.25) is 0 Å². The zero-order chi connectivity index (χ0) is 23.6. The van der Waals surface area contributed by atoms with E-state index in [1.54, 1.807) is 13.1 Å². The number of hydrogen-bond acceptors (Lipinski definition) is 7. The SMILES string of the molecule is COc1cc(N2C(=O)[C@@H]3[C@H](C2=O)[C@H]2c4ccccc4C=CN2[C@H]3C(C)=O)c(C)cc1[N+](=O)[O-]. The standard InChI is InChI=1S/C24H21N3O6/c1-12-10-17(27(31)32)18(33-3)11-16(12)26-23(29)19-20(24(26)30)22-15-7-5-4-6-14(15)8-9-25(22)21(19)13(2)28/h4-11,19-22H,1-3H3/t19-,20+,21+,22-/m1/s1. The van der Waals surface area contributed by atoms with Crippen LogP contribution in [-0.4, -0.2) is 40.6 Å². The third-order valence-corrected chi connectivity index (χ3v) is 6.81. The van der Waals surface area contributed by atoms with E-state index in [1.165, 1.54) is 26.2 Å². The number of rotatable bonds is 4. The first-order chi connectivity index (χ1) is 15.8. The van der Waals surface area contributed by atoms with E-state index < -0.39 is 40.7 Å². The van der Waals surface area contributed by atoms with Gasteiger partial charge in [0.1, 0.15) is 0 Å². The molecular formula is C24H21N3O6. The van der Waals surface area contributed by atoms with Gasteiger partial charge in [-0.25, -0.2) is 4.90 Å². The van der Waals surface area contributed by atoms with Crippen molar-refractivity contribution in [2.75, 3.05) is 12.0 Å². The summed E-state index contributed by atoms with van der Waals surface area (Å²) in [5.74, 6) is -2.75. The average molecular weight is 447 g/mol. The normalized spacial score (nSPS) is 25.1. The van der Waals surface area contributed by atoms with Gasteiger partial charge in [0.15, 0.2) is 11.5 Å². The average Bonchev–Trinajstić information content (AvgIpc) is 3.26. The van der Waals surface area contributed by atoms with E-state index in [0.717, 1.165) is 16.0 Å². The zero-order valence-electron chi connectivity index (χ0n) is 18.2. The van der Waals surface area contributed by atoms with Gasteiger partial charge in [0.05, 0.1) is 41.6 Å². The summed E-state index contributed by atoms with van der Waals surface area (Å²) in [6.45, 7) is 3.03. The molecule has 2 fully saturated rings. The zero-order valence-corrected chi connectivity index (χ0v) is 18.2. The molecule has 0 aromatic heterocycles. The van der Waals surface area contributed by atoms with Gasteiger partial charge in [0.2, 0.25) is 11.8 Å². The summed E-state index contributed by atoms with van der Waals surface area (Å²) in [5, 5.41) is 11.4. The third-order valence-electron chi connectivity index (χ3n) is 6.81. The topological polar surface area (TPSA) is 110 Å². The summed E-state index contributed by atoms with van der Waals surface area (Å²) in [7, 11) is 1.29. The first-order valence-corrected chi connectivity index (χ1v) is 10.5. The van der Waals surface area contributed by atoms with Gasteiger partial charge in [-0.2, -0.15) is 0 Å². The summed E-state index contributed by atoms with van der Waals surface area (Å²) in [6, 6.07) is 9.03. The number of hydrogen-bond donors (Lipinski definition) is 0. The van der Waals surface area contributed by atoms with Crippen LogP contribution in [0.15, 0.2) is 42.6 Å². The van der Waals surface area contributed by atoms with Crippen molar-refractivity contribution in [2.45, 2.75) is 25.9 Å². The number of benzene rings is 2. The van der Waals surface area contributed by atoms with Crippen LogP contribution in [0.5, 0.6) is 5.75 Å². The highest BCUT2D eigenvalue weighted by atomic mass is 16.6. The molecule has 0 unspecified atom stereocenters. The monoisotopic (exact) mass is 447 g/mol. The van der Waals surface area contributed by atoms with Gasteiger partial charge >= 0.3 is 5.69 Å². The van der Waals surface area contributed by atoms with Crippen molar-refractivity contribution >= 4 is 35.0 Å². The summed E-state index contributed by atoms with van der Waals surface area (Å²) in [6.07, 6.45) is 3.68. The van der Waals surface area contributed by atoms with Crippen LogP contribution in [0.3, 0.4) is 0 Å². The maximum Gasteiger partial charge on any atom is 0.311 e. The van der Waals surface area contributed by atoms with Crippen molar-refractivity contribution < 1.29 is 24.0 Å². The molecule has 33 heavy (non-hydrogen) atoms. The van der Waals surface area contributed by atoms with E-state index in [-0.39, 0.29) is 22.9 Å². The number of imide groups is 1. The van der Waals surface area contributed by atoms with Crippen LogP contribution >= 0.6 is 0 Å². The molecule has 2 aromatic rings. The number of ether oxygens (including phenoxy) is 1. The van der Waals surface area contributed by atoms with Crippen molar-refractivity contribution in [1.29, 1.82) is 0 Å². The number of carbonyl (C=O) groups excluding carboxylic acids is 3. The number of anilines is 1. The molecule has 2 aromatic carbocycles. The maximum atomic E-state index is 13.8. The predicted octanol–water partition coefficient (Wildman–Crippen LogP) is 3.02. The Labute approximate surface area is 189 Å². The third kappa shape index (κ3) is 2.81. The van der Waals surface area contributed by atoms with Gasteiger partial charge in [-0.3, -0.25) is 24.5 Å². The summed E-state index contributed by atoms with van der Waals surface area (Å²) >= 11 is 0. The lowest BCUT2D eigenvalue weighted by Gasteiger charge is -2.35. The van der Waals surface area contributed by atoms with Gasteiger partial charge in [0.25, 0.3) is 0 Å². The second-order valence-electron chi connectivity index (χ2n) is 8.52. The second kappa shape index (κ2) is 7.26. The minimum Gasteiger partial charge on any atom is -0.490 e. The van der Waals surface area contributed by atoms with Crippen molar-refractivity contribution in [3.63, 3.8) is 0 Å². The van der Waals surface area contributed by atoms with E-state index in [9.17, 15) is 24.5 Å². The van der Waals surface area contributed by atoms with Gasteiger partial charge in [-0.15, -0.1) is 0 Å². The van der Waals surface area contributed by atoms with Crippen LogP contribution in [0.4, 0.5) is 11.4 Å². The molecule has 4 atom stereocenters. The molecule has 2 saturated heterocycles. The highest BCUT2D eigenvalue weighted by Crippen LogP contribution is 2.53.